The second-order valence-electron chi connectivity index (χ2n) is 5.30. The molecule has 1 aromatic carbocycles. The Morgan fingerprint density at radius 3 is 1.42 bits per heavy atom. The fourth-order valence-corrected chi connectivity index (χ4v) is 3.32. The molecular formula is C18H30O. The number of benzene rings is 1. The van der Waals surface area contributed by atoms with Gasteiger partial charge >= 0.3 is 0 Å². The van der Waals surface area contributed by atoms with Gasteiger partial charge in [-0.25, -0.2) is 0 Å². The minimum atomic E-state index is 0.599. The van der Waals surface area contributed by atoms with Gasteiger partial charge in [0.05, 0.1) is 0 Å². The summed E-state index contributed by atoms with van der Waals surface area (Å²) in [4.78, 5) is 0. The Labute approximate surface area is 119 Å². The average Bonchev–Trinajstić information content (AvgIpc) is 2.42. The molecule has 0 aliphatic heterocycles. The highest BCUT2D eigenvalue weighted by molar-refractivity contribution is 5.55. The first kappa shape index (κ1) is 16.1. The summed E-state index contributed by atoms with van der Waals surface area (Å²) < 4.78 is 0. The Morgan fingerprint density at radius 1 is 0.579 bits per heavy atom. The molecule has 0 spiro atoms. The molecule has 0 radical (unpaired) electrons. The molecule has 1 rings (SSSR count). The maximum absolute atomic E-state index is 10.7. The number of phenols is 1. The Morgan fingerprint density at radius 2 is 1.00 bits per heavy atom. The molecule has 0 unspecified atom stereocenters. The van der Waals surface area contributed by atoms with E-state index in [1.807, 2.05) is 0 Å². The highest BCUT2D eigenvalue weighted by Crippen LogP contribution is 2.36. The zero-order valence-electron chi connectivity index (χ0n) is 13.4. The van der Waals surface area contributed by atoms with Gasteiger partial charge in [-0.1, -0.05) is 47.5 Å². The van der Waals surface area contributed by atoms with E-state index in [0.717, 1.165) is 44.9 Å². The molecule has 1 nitrogen and oxygen atoms in total. The SMILES string of the molecule is CCCc1c(O)c(CC)c(CC)c(CC)c1CCC. The molecule has 0 aliphatic carbocycles. The van der Waals surface area contributed by atoms with E-state index in [0.29, 0.717) is 5.75 Å². The van der Waals surface area contributed by atoms with Crippen molar-refractivity contribution in [2.24, 2.45) is 0 Å². The molecule has 1 aromatic rings. The van der Waals surface area contributed by atoms with Gasteiger partial charge < -0.3 is 5.11 Å². The van der Waals surface area contributed by atoms with Crippen molar-refractivity contribution in [1.29, 1.82) is 0 Å². The zero-order chi connectivity index (χ0) is 14.4. The van der Waals surface area contributed by atoms with Gasteiger partial charge in [0, 0.05) is 0 Å². The molecule has 0 aromatic heterocycles. The van der Waals surface area contributed by atoms with Crippen molar-refractivity contribution in [1.82, 2.24) is 0 Å². The van der Waals surface area contributed by atoms with Crippen molar-refractivity contribution in [2.45, 2.75) is 79.6 Å². The van der Waals surface area contributed by atoms with E-state index in [2.05, 4.69) is 34.6 Å². The van der Waals surface area contributed by atoms with Gasteiger partial charge in [-0.05, 0) is 59.9 Å². The highest BCUT2D eigenvalue weighted by Gasteiger charge is 2.19. The predicted molar refractivity (Wildman–Crippen MR) is 84.2 cm³/mol. The summed E-state index contributed by atoms with van der Waals surface area (Å²) >= 11 is 0. The smallest absolute Gasteiger partial charge is 0.122 e. The van der Waals surface area contributed by atoms with E-state index >= 15 is 0 Å². The minimum absolute atomic E-state index is 0.599. The average molecular weight is 262 g/mol. The molecular weight excluding hydrogens is 232 g/mol. The monoisotopic (exact) mass is 262 g/mol. The molecule has 0 amide bonds. The molecule has 1 N–H and O–H groups in total. The summed E-state index contributed by atoms with van der Waals surface area (Å²) in [5.41, 5.74) is 6.80. The van der Waals surface area contributed by atoms with Crippen LogP contribution in [0.4, 0.5) is 0 Å². The van der Waals surface area contributed by atoms with Crippen LogP contribution in [0.25, 0.3) is 0 Å². The zero-order valence-corrected chi connectivity index (χ0v) is 13.4. The summed E-state index contributed by atoms with van der Waals surface area (Å²) in [6.45, 7) is 11.0. The maximum Gasteiger partial charge on any atom is 0.122 e. The third kappa shape index (κ3) is 3.13. The van der Waals surface area contributed by atoms with Gasteiger partial charge in [-0.15, -0.1) is 0 Å². The van der Waals surface area contributed by atoms with Crippen molar-refractivity contribution >= 4 is 0 Å². The lowest BCUT2D eigenvalue weighted by atomic mass is 9.84. The van der Waals surface area contributed by atoms with Gasteiger partial charge in [0.1, 0.15) is 5.75 Å². The van der Waals surface area contributed by atoms with E-state index < -0.39 is 0 Å². The third-order valence-electron chi connectivity index (χ3n) is 4.09. The highest BCUT2D eigenvalue weighted by atomic mass is 16.3. The summed E-state index contributed by atoms with van der Waals surface area (Å²) in [5, 5.41) is 10.7. The van der Waals surface area contributed by atoms with Crippen molar-refractivity contribution in [3.05, 3.63) is 27.8 Å². The molecule has 0 bridgehead atoms. The van der Waals surface area contributed by atoms with Gasteiger partial charge in [0.25, 0.3) is 0 Å². The second kappa shape index (κ2) is 7.57. The van der Waals surface area contributed by atoms with Crippen LogP contribution in [0, 0.1) is 0 Å². The number of phenolic OH excluding ortho intramolecular Hbond substituents is 1. The van der Waals surface area contributed by atoms with Gasteiger partial charge in [0.15, 0.2) is 0 Å². The second-order valence-corrected chi connectivity index (χ2v) is 5.30. The van der Waals surface area contributed by atoms with E-state index in [9.17, 15) is 5.11 Å². The summed E-state index contributed by atoms with van der Waals surface area (Å²) in [6, 6.07) is 0. The molecule has 0 heterocycles. The Hall–Kier alpha value is -0.980. The fourth-order valence-electron chi connectivity index (χ4n) is 3.32. The quantitative estimate of drug-likeness (QED) is 0.734. The number of hydrogen-bond acceptors (Lipinski definition) is 1. The van der Waals surface area contributed by atoms with Crippen LogP contribution < -0.4 is 0 Å². The van der Waals surface area contributed by atoms with Crippen molar-refractivity contribution < 1.29 is 5.11 Å². The fraction of sp³-hybridized carbons (Fsp3) is 0.667. The van der Waals surface area contributed by atoms with Crippen LogP contribution in [0.3, 0.4) is 0 Å². The summed E-state index contributed by atoms with van der Waals surface area (Å²) in [7, 11) is 0. The number of hydrogen-bond donors (Lipinski definition) is 1. The van der Waals surface area contributed by atoms with Crippen molar-refractivity contribution in [3.63, 3.8) is 0 Å². The molecule has 0 saturated heterocycles. The van der Waals surface area contributed by atoms with Gasteiger partial charge in [0.2, 0.25) is 0 Å². The van der Waals surface area contributed by atoms with E-state index in [4.69, 9.17) is 0 Å². The molecule has 108 valence electrons. The normalized spacial score (nSPS) is 11.0. The third-order valence-corrected chi connectivity index (χ3v) is 4.09. The minimum Gasteiger partial charge on any atom is -0.507 e. The Bertz CT molecular complexity index is 418. The molecule has 0 fully saturated rings. The maximum atomic E-state index is 10.7. The van der Waals surface area contributed by atoms with Crippen LogP contribution in [0.5, 0.6) is 5.75 Å². The van der Waals surface area contributed by atoms with Crippen LogP contribution in [-0.4, -0.2) is 5.11 Å². The standard InChI is InChI=1S/C18H30O/c1-6-11-16-14(9-4)13(8-3)15(10-5)18(19)17(16)12-7-2/h19H,6-12H2,1-5H3. The molecule has 0 saturated carbocycles. The first-order valence-electron chi connectivity index (χ1n) is 8.03. The molecule has 1 heteroatoms. The van der Waals surface area contributed by atoms with Gasteiger partial charge in [-0.3, -0.25) is 0 Å². The van der Waals surface area contributed by atoms with E-state index in [1.165, 1.54) is 27.8 Å². The Kier molecular flexibility index (Phi) is 6.41. The lowest BCUT2D eigenvalue weighted by Crippen LogP contribution is -2.08. The summed E-state index contributed by atoms with van der Waals surface area (Å²) in [6.07, 6.45) is 7.41. The Balaban J connectivity index is 3.60. The topological polar surface area (TPSA) is 20.2 Å². The van der Waals surface area contributed by atoms with Crippen LogP contribution >= 0.6 is 0 Å². The predicted octanol–water partition coefficient (Wildman–Crippen LogP) is 4.98. The lowest BCUT2D eigenvalue weighted by Gasteiger charge is -2.23. The molecule has 0 atom stereocenters. The van der Waals surface area contributed by atoms with E-state index in [1.54, 1.807) is 0 Å². The van der Waals surface area contributed by atoms with Crippen molar-refractivity contribution in [2.75, 3.05) is 0 Å². The van der Waals surface area contributed by atoms with Crippen LogP contribution in [0.1, 0.15) is 75.3 Å². The van der Waals surface area contributed by atoms with Crippen LogP contribution in [0.2, 0.25) is 0 Å². The first-order valence-corrected chi connectivity index (χ1v) is 8.03. The van der Waals surface area contributed by atoms with Crippen molar-refractivity contribution in [3.8, 4) is 5.75 Å². The van der Waals surface area contributed by atoms with E-state index in [-0.39, 0.29) is 0 Å². The van der Waals surface area contributed by atoms with Gasteiger partial charge in [-0.2, -0.15) is 0 Å². The number of aromatic hydroxyl groups is 1. The van der Waals surface area contributed by atoms with Crippen LogP contribution in [-0.2, 0) is 32.1 Å². The van der Waals surface area contributed by atoms with Crippen LogP contribution in [0.15, 0.2) is 0 Å². The largest absolute Gasteiger partial charge is 0.507 e. The lowest BCUT2D eigenvalue weighted by molar-refractivity contribution is 0.458. The molecule has 0 aliphatic rings. The molecule has 19 heavy (non-hydrogen) atoms. The summed E-state index contributed by atoms with van der Waals surface area (Å²) in [5.74, 6) is 0.599. The first-order chi connectivity index (χ1) is 9.15. The number of rotatable bonds is 7.